The van der Waals surface area contributed by atoms with Gasteiger partial charge in [0.2, 0.25) is 5.91 Å². The highest BCUT2D eigenvalue weighted by Crippen LogP contribution is 2.09. The predicted molar refractivity (Wildman–Crippen MR) is 61.5 cm³/mol. The zero-order valence-electron chi connectivity index (χ0n) is 9.09. The molecule has 0 spiro atoms. The van der Waals surface area contributed by atoms with Crippen molar-refractivity contribution in [3.05, 3.63) is 0 Å². The van der Waals surface area contributed by atoms with E-state index in [0.717, 1.165) is 6.42 Å². The fourth-order valence-corrected chi connectivity index (χ4v) is 1.30. The van der Waals surface area contributed by atoms with Crippen LogP contribution in [0.4, 0.5) is 0 Å². The van der Waals surface area contributed by atoms with Gasteiger partial charge in [-0.05, 0) is 18.8 Å². The van der Waals surface area contributed by atoms with Crippen molar-refractivity contribution in [2.75, 3.05) is 6.61 Å². The van der Waals surface area contributed by atoms with E-state index in [1.807, 2.05) is 20.8 Å². The molecule has 0 aromatic rings. The van der Waals surface area contributed by atoms with E-state index < -0.39 is 0 Å². The lowest BCUT2D eigenvalue weighted by Gasteiger charge is -2.22. The Bertz CT molecular complexity index is 174. The summed E-state index contributed by atoms with van der Waals surface area (Å²) < 4.78 is 0. The van der Waals surface area contributed by atoms with Gasteiger partial charge in [0.25, 0.3) is 0 Å². The predicted octanol–water partition coefficient (Wildman–Crippen LogP) is 1.68. The summed E-state index contributed by atoms with van der Waals surface area (Å²) in [5, 5.41) is 11.8. The number of alkyl halides is 1. The van der Waals surface area contributed by atoms with E-state index >= 15 is 0 Å². The maximum absolute atomic E-state index is 11.5. The van der Waals surface area contributed by atoms with Gasteiger partial charge in [-0.1, -0.05) is 36.7 Å². The number of hydrogen-bond donors (Lipinski definition) is 2. The van der Waals surface area contributed by atoms with Crippen LogP contribution in [0.2, 0.25) is 0 Å². The van der Waals surface area contributed by atoms with Gasteiger partial charge in [-0.2, -0.15) is 0 Å². The van der Waals surface area contributed by atoms with Crippen LogP contribution in [0.1, 0.15) is 33.6 Å². The molecule has 0 radical (unpaired) electrons. The third-order valence-corrected chi connectivity index (χ3v) is 3.28. The molecule has 0 heterocycles. The van der Waals surface area contributed by atoms with Gasteiger partial charge in [-0.15, -0.1) is 0 Å². The molecule has 2 atom stereocenters. The van der Waals surface area contributed by atoms with E-state index in [9.17, 15) is 4.79 Å². The first-order valence-corrected chi connectivity index (χ1v) is 5.99. The van der Waals surface area contributed by atoms with Crippen molar-refractivity contribution in [2.24, 2.45) is 5.92 Å². The van der Waals surface area contributed by atoms with Crippen molar-refractivity contribution in [1.29, 1.82) is 0 Å². The molecule has 0 saturated heterocycles. The molecule has 1 amide bonds. The monoisotopic (exact) mass is 265 g/mol. The van der Waals surface area contributed by atoms with Gasteiger partial charge in [0.15, 0.2) is 0 Å². The van der Waals surface area contributed by atoms with Crippen LogP contribution in [0, 0.1) is 5.92 Å². The van der Waals surface area contributed by atoms with Gasteiger partial charge in [0, 0.05) is 12.6 Å². The molecule has 0 aromatic heterocycles. The zero-order valence-corrected chi connectivity index (χ0v) is 10.7. The maximum atomic E-state index is 11.5. The van der Waals surface area contributed by atoms with Crippen LogP contribution in [-0.4, -0.2) is 28.5 Å². The first kappa shape index (κ1) is 13.9. The smallest absolute Gasteiger partial charge is 0.233 e. The Balaban J connectivity index is 4.08. The highest BCUT2D eigenvalue weighted by Gasteiger charge is 2.19. The Kier molecular flexibility index (Phi) is 7.19. The molecule has 0 bridgehead atoms. The topological polar surface area (TPSA) is 49.3 Å². The molecule has 2 unspecified atom stereocenters. The number of aliphatic hydroxyl groups is 1. The number of amides is 1. The number of hydrogen-bond acceptors (Lipinski definition) is 2. The molecule has 0 aliphatic heterocycles. The lowest BCUT2D eigenvalue weighted by atomic mass is 10.0. The minimum Gasteiger partial charge on any atom is -0.396 e. The van der Waals surface area contributed by atoms with Crippen LogP contribution in [-0.2, 0) is 4.79 Å². The molecular weight excluding hydrogens is 246 g/mol. The lowest BCUT2D eigenvalue weighted by Crippen LogP contribution is -2.42. The van der Waals surface area contributed by atoms with Crippen molar-refractivity contribution >= 4 is 21.8 Å². The van der Waals surface area contributed by atoms with Gasteiger partial charge in [-0.25, -0.2) is 0 Å². The maximum Gasteiger partial charge on any atom is 0.233 e. The summed E-state index contributed by atoms with van der Waals surface area (Å²) in [4.78, 5) is 11.4. The lowest BCUT2D eigenvalue weighted by molar-refractivity contribution is -0.121. The Morgan fingerprint density at radius 2 is 2.07 bits per heavy atom. The second-order valence-corrected chi connectivity index (χ2v) is 4.85. The van der Waals surface area contributed by atoms with E-state index in [-0.39, 0.29) is 23.4 Å². The van der Waals surface area contributed by atoms with Crippen molar-refractivity contribution in [3.8, 4) is 0 Å². The summed E-state index contributed by atoms with van der Waals surface area (Å²) in [6.07, 6.45) is 1.39. The van der Waals surface area contributed by atoms with Crippen LogP contribution in [0.5, 0.6) is 0 Å². The molecule has 0 rings (SSSR count). The van der Waals surface area contributed by atoms with E-state index in [1.54, 1.807) is 0 Å². The fraction of sp³-hybridized carbons (Fsp3) is 0.900. The molecule has 2 N–H and O–H groups in total. The summed E-state index contributed by atoms with van der Waals surface area (Å²) in [6.45, 7) is 6.14. The molecule has 0 aliphatic carbocycles. The number of aliphatic hydroxyl groups excluding tert-OH is 1. The average Bonchev–Trinajstić information content (AvgIpc) is 2.15. The quantitative estimate of drug-likeness (QED) is 0.719. The highest BCUT2D eigenvalue weighted by atomic mass is 79.9. The molecule has 0 aromatic carbocycles. The summed E-state index contributed by atoms with van der Waals surface area (Å²) >= 11 is 3.30. The van der Waals surface area contributed by atoms with E-state index in [0.29, 0.717) is 12.3 Å². The Labute approximate surface area is 94.4 Å². The molecular formula is C10H20BrNO2. The first-order valence-electron chi connectivity index (χ1n) is 5.08. The van der Waals surface area contributed by atoms with Crippen molar-refractivity contribution in [3.63, 3.8) is 0 Å². The third kappa shape index (κ3) is 4.96. The Morgan fingerprint density at radius 1 is 1.50 bits per heavy atom. The standard InChI is InChI=1S/C10H20BrNO2/c1-4-8(11)10(14)12-9(5-6-13)7(2)3/h7-9,13H,4-6H2,1-3H3,(H,12,14). The molecule has 0 saturated carbocycles. The molecule has 3 nitrogen and oxygen atoms in total. The van der Waals surface area contributed by atoms with E-state index in [1.165, 1.54) is 0 Å². The number of carbonyl (C=O) groups excluding carboxylic acids is 1. The number of nitrogens with one attached hydrogen (secondary N) is 1. The van der Waals surface area contributed by atoms with Crippen LogP contribution in [0.25, 0.3) is 0 Å². The molecule has 14 heavy (non-hydrogen) atoms. The number of rotatable bonds is 6. The second kappa shape index (κ2) is 7.23. The van der Waals surface area contributed by atoms with Gasteiger partial charge in [-0.3, -0.25) is 4.79 Å². The molecule has 0 fully saturated rings. The zero-order chi connectivity index (χ0) is 11.1. The Morgan fingerprint density at radius 3 is 2.43 bits per heavy atom. The fourth-order valence-electron chi connectivity index (χ4n) is 1.17. The van der Waals surface area contributed by atoms with Crippen molar-refractivity contribution in [2.45, 2.75) is 44.5 Å². The van der Waals surface area contributed by atoms with Gasteiger partial charge in [0.05, 0.1) is 4.83 Å². The van der Waals surface area contributed by atoms with Gasteiger partial charge < -0.3 is 10.4 Å². The summed E-state index contributed by atoms with van der Waals surface area (Å²) in [5.41, 5.74) is 0. The normalized spacial score (nSPS) is 15.3. The highest BCUT2D eigenvalue weighted by molar-refractivity contribution is 9.10. The van der Waals surface area contributed by atoms with E-state index in [4.69, 9.17) is 5.11 Å². The summed E-state index contributed by atoms with van der Waals surface area (Å²) in [7, 11) is 0. The van der Waals surface area contributed by atoms with Gasteiger partial charge in [0.1, 0.15) is 0 Å². The minimum atomic E-state index is -0.123. The third-order valence-electron chi connectivity index (χ3n) is 2.22. The van der Waals surface area contributed by atoms with Crippen LogP contribution in [0.15, 0.2) is 0 Å². The van der Waals surface area contributed by atoms with Crippen molar-refractivity contribution in [1.82, 2.24) is 5.32 Å². The van der Waals surface area contributed by atoms with Crippen LogP contribution in [0.3, 0.4) is 0 Å². The number of carbonyl (C=O) groups is 1. The minimum absolute atomic E-state index is 0.0136. The number of halogens is 1. The SMILES string of the molecule is CCC(Br)C(=O)NC(CCO)C(C)C. The second-order valence-electron chi connectivity index (χ2n) is 3.75. The molecule has 84 valence electrons. The average molecular weight is 266 g/mol. The van der Waals surface area contributed by atoms with Crippen molar-refractivity contribution < 1.29 is 9.90 Å². The molecule has 4 heteroatoms. The largest absolute Gasteiger partial charge is 0.396 e. The summed E-state index contributed by atoms with van der Waals surface area (Å²) in [5.74, 6) is 0.363. The van der Waals surface area contributed by atoms with E-state index in [2.05, 4.69) is 21.2 Å². The summed E-state index contributed by atoms with van der Waals surface area (Å²) in [6, 6.07) is 0.0686. The Hall–Kier alpha value is -0.0900. The first-order chi connectivity index (χ1) is 6.52. The van der Waals surface area contributed by atoms with Crippen LogP contribution >= 0.6 is 15.9 Å². The molecule has 0 aliphatic rings. The van der Waals surface area contributed by atoms with Gasteiger partial charge >= 0.3 is 0 Å². The van der Waals surface area contributed by atoms with Crippen LogP contribution < -0.4 is 5.32 Å².